The van der Waals surface area contributed by atoms with Gasteiger partial charge in [-0.1, -0.05) is 26.7 Å². The molecule has 0 rings (SSSR count). The van der Waals surface area contributed by atoms with Crippen molar-refractivity contribution in [2.45, 2.75) is 26.7 Å². The third-order valence-electron chi connectivity index (χ3n) is 0.744. The van der Waals surface area contributed by atoms with Gasteiger partial charge in [-0.2, -0.15) is 0 Å². The largest absolute Gasteiger partial charge is 0.0654 e. The van der Waals surface area contributed by atoms with Crippen molar-refractivity contribution in [3.8, 4) is 0 Å². The van der Waals surface area contributed by atoms with Crippen molar-refractivity contribution >= 4 is 0 Å². The first-order chi connectivity index (χ1) is 2.77. The Labute approximate surface area is 40.6 Å². The third kappa shape index (κ3) is 4.00. The summed E-state index contributed by atoms with van der Waals surface area (Å²) in [7, 11) is 0. The van der Waals surface area contributed by atoms with Crippen LogP contribution in [0.5, 0.6) is 0 Å². The lowest BCUT2D eigenvalue weighted by Gasteiger charge is -1.95. The summed E-state index contributed by atoms with van der Waals surface area (Å²) in [4.78, 5) is 0. The summed E-state index contributed by atoms with van der Waals surface area (Å²) in [6, 6.07) is 0. The lowest BCUT2D eigenvalue weighted by Crippen LogP contribution is -1.82. The summed E-state index contributed by atoms with van der Waals surface area (Å²) < 4.78 is 0. The molecule has 1 unspecified atom stereocenters. The predicted molar refractivity (Wildman–Crippen MR) is 28.4 cm³/mol. The molecule has 0 aliphatic heterocycles. The highest BCUT2D eigenvalue weighted by Gasteiger charge is 1.86. The Morgan fingerprint density at radius 3 is 2.17 bits per heavy atom. The van der Waals surface area contributed by atoms with Gasteiger partial charge in [-0.15, -0.1) is 0 Å². The Morgan fingerprint density at radius 1 is 1.67 bits per heavy atom. The van der Waals surface area contributed by atoms with Gasteiger partial charge in [-0.3, -0.25) is 0 Å². The fourth-order valence-corrected chi connectivity index (χ4v) is 0.455. The summed E-state index contributed by atoms with van der Waals surface area (Å²) in [5, 5.41) is 0. The Hall–Kier alpha value is 0. The molecular weight excluding hydrogens is 72.1 g/mol. The first-order valence-corrected chi connectivity index (χ1v) is 2.53. The number of hydrogen-bond donors (Lipinski definition) is 0. The summed E-state index contributed by atoms with van der Waals surface area (Å²) in [5.41, 5.74) is 0. The molecule has 0 saturated carbocycles. The van der Waals surface area contributed by atoms with E-state index in [0.29, 0.717) is 5.92 Å². The minimum atomic E-state index is 0.398. The summed E-state index contributed by atoms with van der Waals surface area (Å²) in [6.45, 7) is 9.58. The predicted octanol–water partition coefficient (Wildman–Crippen LogP) is 2.13. The van der Waals surface area contributed by atoms with Gasteiger partial charge >= 0.3 is 0 Å². The fraction of sp³-hybridized carbons (Fsp3) is 0.833. The molecule has 0 nitrogen and oxygen atoms in total. The zero-order valence-corrected chi connectivity index (χ0v) is 4.57. The summed E-state index contributed by atoms with van der Waals surface area (Å²) >= 11 is 0. The molecule has 0 aromatic carbocycles. The van der Waals surface area contributed by atoms with Crippen LogP contribution in [0.15, 0.2) is 0 Å². The monoisotopic (exact) mass is 84.1 g/mol. The quantitative estimate of drug-likeness (QED) is 0.481. The van der Waals surface area contributed by atoms with Gasteiger partial charge in [-0.05, 0) is 12.8 Å². The Kier molecular flexibility index (Phi) is 3.20. The van der Waals surface area contributed by atoms with Crippen LogP contribution in [0, 0.1) is 12.8 Å². The van der Waals surface area contributed by atoms with Gasteiger partial charge in [0.05, 0.1) is 0 Å². The molecule has 0 aliphatic rings. The van der Waals surface area contributed by atoms with Crippen LogP contribution in [0.3, 0.4) is 0 Å². The second kappa shape index (κ2) is 3.20. The van der Waals surface area contributed by atoms with Gasteiger partial charge in [0.1, 0.15) is 0 Å². The van der Waals surface area contributed by atoms with Crippen molar-refractivity contribution in [3.63, 3.8) is 0 Å². The lowest BCUT2D eigenvalue weighted by molar-refractivity contribution is 0.630. The average molecular weight is 84.2 g/mol. The van der Waals surface area contributed by atoms with E-state index in [9.17, 15) is 0 Å². The van der Waals surface area contributed by atoms with Gasteiger partial charge in [0.25, 0.3) is 0 Å². The maximum atomic E-state index is 5.40. The van der Waals surface area contributed by atoms with E-state index in [0.717, 1.165) is 6.42 Å². The Morgan fingerprint density at radius 2 is 2.17 bits per heavy atom. The minimum Gasteiger partial charge on any atom is -0.0654 e. The number of hydrogen-bond acceptors (Lipinski definition) is 0. The van der Waals surface area contributed by atoms with E-state index in [1.807, 2.05) is 6.92 Å². The van der Waals surface area contributed by atoms with Gasteiger partial charge in [0, 0.05) is 0 Å². The normalized spacial score (nSPS) is 10.0. The smallest absolute Gasteiger partial charge is 0.0321 e. The molecule has 0 bridgehead atoms. The van der Waals surface area contributed by atoms with E-state index >= 15 is 0 Å². The third-order valence-corrected chi connectivity index (χ3v) is 0.744. The molecule has 0 heteroatoms. The zero-order chi connectivity index (χ0) is 4.99. The van der Waals surface area contributed by atoms with E-state index in [1.54, 1.807) is 0 Å². The maximum absolute atomic E-state index is 5.40. The highest BCUT2D eigenvalue weighted by Crippen LogP contribution is 1.99. The molecule has 36 valence electrons. The average Bonchev–Trinajstić information content (AvgIpc) is 1.35. The zero-order valence-electron chi connectivity index (χ0n) is 4.57. The topological polar surface area (TPSA) is 0 Å². The van der Waals surface area contributed by atoms with E-state index in [4.69, 9.17) is 6.92 Å². The highest BCUT2D eigenvalue weighted by molar-refractivity contribution is 4.50. The lowest BCUT2D eigenvalue weighted by atomic mass is 10.1. The molecule has 0 aromatic heterocycles. The van der Waals surface area contributed by atoms with Gasteiger partial charge in [0.2, 0.25) is 0 Å². The van der Waals surface area contributed by atoms with E-state index in [1.165, 1.54) is 6.42 Å². The first-order valence-electron chi connectivity index (χ1n) is 2.53. The summed E-state index contributed by atoms with van der Waals surface area (Å²) in [6.07, 6.45) is 2.36. The van der Waals surface area contributed by atoms with E-state index in [-0.39, 0.29) is 0 Å². The Bertz CT molecular complexity index is 21.2. The Balaban J connectivity index is 2.63. The van der Waals surface area contributed by atoms with Gasteiger partial charge in [0.15, 0.2) is 0 Å². The van der Waals surface area contributed by atoms with E-state index < -0.39 is 0 Å². The standard InChI is InChI=1S/C6H12/c1-4-5-6(2)3/h2,6H,4-5H2,1,3H3. The van der Waals surface area contributed by atoms with Gasteiger partial charge < -0.3 is 0 Å². The van der Waals surface area contributed by atoms with Crippen LogP contribution in [0.1, 0.15) is 26.7 Å². The molecule has 0 spiro atoms. The van der Waals surface area contributed by atoms with Crippen LogP contribution in [0.4, 0.5) is 0 Å². The van der Waals surface area contributed by atoms with Crippen molar-refractivity contribution in [1.29, 1.82) is 0 Å². The molecular formula is C6H12. The fourth-order valence-electron chi connectivity index (χ4n) is 0.455. The van der Waals surface area contributed by atoms with Crippen LogP contribution in [-0.2, 0) is 0 Å². The van der Waals surface area contributed by atoms with Crippen molar-refractivity contribution in [1.82, 2.24) is 0 Å². The molecule has 1 atom stereocenters. The van der Waals surface area contributed by atoms with Crippen LogP contribution in [0.2, 0.25) is 0 Å². The SMILES string of the molecule is [CH]C(C)CCC. The maximum Gasteiger partial charge on any atom is -0.0321 e. The first kappa shape index (κ1) is 6.00. The van der Waals surface area contributed by atoms with Crippen molar-refractivity contribution in [2.24, 2.45) is 5.92 Å². The van der Waals surface area contributed by atoms with Crippen LogP contribution in [0.25, 0.3) is 0 Å². The second-order valence-electron chi connectivity index (χ2n) is 1.77. The molecule has 0 amide bonds. The molecule has 0 saturated heterocycles. The molecule has 0 aliphatic carbocycles. The van der Waals surface area contributed by atoms with Crippen LogP contribution >= 0.6 is 0 Å². The molecule has 0 fully saturated rings. The molecule has 2 radical (unpaired) electrons. The van der Waals surface area contributed by atoms with E-state index in [2.05, 4.69) is 6.92 Å². The van der Waals surface area contributed by atoms with Crippen molar-refractivity contribution < 1.29 is 0 Å². The van der Waals surface area contributed by atoms with Crippen molar-refractivity contribution in [3.05, 3.63) is 6.92 Å². The van der Waals surface area contributed by atoms with Crippen LogP contribution in [-0.4, -0.2) is 0 Å². The second-order valence-corrected chi connectivity index (χ2v) is 1.77. The van der Waals surface area contributed by atoms with Crippen molar-refractivity contribution in [2.75, 3.05) is 0 Å². The molecule has 6 heavy (non-hydrogen) atoms. The highest BCUT2D eigenvalue weighted by atomic mass is 13.9. The van der Waals surface area contributed by atoms with Gasteiger partial charge in [-0.25, -0.2) is 0 Å². The molecule has 0 aromatic rings. The summed E-state index contributed by atoms with van der Waals surface area (Å²) in [5.74, 6) is 0.398. The van der Waals surface area contributed by atoms with Crippen LogP contribution < -0.4 is 0 Å². The molecule has 0 heterocycles. The number of rotatable bonds is 2. The minimum absolute atomic E-state index is 0.398. The molecule has 0 N–H and O–H groups in total.